The van der Waals surface area contributed by atoms with E-state index in [2.05, 4.69) is 5.32 Å². The number of carbonyl (C=O) groups excluding carboxylic acids is 3. The molecule has 110 valence electrons. The van der Waals surface area contributed by atoms with Crippen molar-refractivity contribution < 1.29 is 14.4 Å². The van der Waals surface area contributed by atoms with Crippen molar-refractivity contribution in [3.8, 4) is 0 Å². The van der Waals surface area contributed by atoms with Gasteiger partial charge in [-0.2, -0.15) is 0 Å². The van der Waals surface area contributed by atoms with Gasteiger partial charge < -0.3 is 5.32 Å². The second-order valence-corrected chi connectivity index (χ2v) is 5.61. The lowest BCUT2D eigenvalue weighted by Gasteiger charge is -2.18. The fourth-order valence-electron chi connectivity index (χ4n) is 2.46. The summed E-state index contributed by atoms with van der Waals surface area (Å²) in [6, 6.07) is 11.6. The zero-order chi connectivity index (χ0) is 15.9. The minimum atomic E-state index is -0.189. The third kappa shape index (κ3) is 2.22. The van der Waals surface area contributed by atoms with Crippen LogP contribution in [-0.2, 0) is 4.79 Å². The smallest absolute Gasteiger partial charge is 0.226 e. The van der Waals surface area contributed by atoms with E-state index in [1.807, 2.05) is 0 Å². The molecule has 0 unspecified atom stereocenters. The second kappa shape index (κ2) is 5.22. The molecule has 0 saturated carbocycles. The number of rotatable bonds is 2. The molecule has 0 fully saturated rings. The third-order valence-corrected chi connectivity index (χ3v) is 3.72. The number of hydrogen-bond donors (Lipinski definition) is 1. The number of carbonyl (C=O) groups is 3. The first-order valence-electron chi connectivity index (χ1n) is 7.12. The van der Waals surface area contributed by atoms with Crippen molar-refractivity contribution in [2.45, 2.75) is 13.8 Å². The van der Waals surface area contributed by atoms with E-state index >= 15 is 0 Å². The van der Waals surface area contributed by atoms with Crippen LogP contribution in [0.2, 0.25) is 0 Å². The molecule has 2 aromatic rings. The van der Waals surface area contributed by atoms with Gasteiger partial charge in [-0.05, 0) is 18.2 Å². The van der Waals surface area contributed by atoms with Crippen LogP contribution in [-0.4, -0.2) is 17.5 Å². The zero-order valence-electron chi connectivity index (χ0n) is 12.3. The highest BCUT2D eigenvalue weighted by atomic mass is 16.2. The molecule has 0 aliphatic heterocycles. The Hall–Kier alpha value is -2.75. The maximum absolute atomic E-state index is 12.6. The van der Waals surface area contributed by atoms with E-state index in [9.17, 15) is 14.4 Å². The molecule has 0 heterocycles. The van der Waals surface area contributed by atoms with Crippen molar-refractivity contribution in [2.75, 3.05) is 5.32 Å². The normalized spacial score (nSPS) is 12.9. The zero-order valence-corrected chi connectivity index (χ0v) is 12.3. The Morgan fingerprint density at radius 2 is 1.41 bits per heavy atom. The quantitative estimate of drug-likeness (QED) is 0.790. The van der Waals surface area contributed by atoms with Gasteiger partial charge in [0.1, 0.15) is 0 Å². The Labute approximate surface area is 128 Å². The number of hydrogen-bond acceptors (Lipinski definition) is 3. The molecule has 0 aromatic heterocycles. The van der Waals surface area contributed by atoms with Gasteiger partial charge in [0.05, 0.1) is 0 Å². The van der Waals surface area contributed by atoms with Crippen LogP contribution in [0.1, 0.15) is 45.7 Å². The largest absolute Gasteiger partial charge is 0.326 e. The standard InChI is InChI=1S/C18H15NO3/c1-10(2)18(22)19-11-7-8-14-15(9-11)17(21)13-6-4-3-5-12(13)16(14)20/h3-10H,1-2H3,(H,19,22). The fraction of sp³-hybridized carbons (Fsp3) is 0.167. The summed E-state index contributed by atoms with van der Waals surface area (Å²) in [5.74, 6) is -0.637. The predicted octanol–water partition coefficient (Wildman–Crippen LogP) is 3.06. The maximum Gasteiger partial charge on any atom is 0.226 e. The average molecular weight is 293 g/mol. The van der Waals surface area contributed by atoms with Crippen molar-refractivity contribution in [2.24, 2.45) is 5.92 Å². The van der Waals surface area contributed by atoms with Gasteiger partial charge in [-0.25, -0.2) is 0 Å². The molecule has 3 rings (SSSR count). The summed E-state index contributed by atoms with van der Waals surface area (Å²) in [6.07, 6.45) is 0. The Morgan fingerprint density at radius 1 is 0.864 bits per heavy atom. The van der Waals surface area contributed by atoms with Crippen LogP contribution in [0.25, 0.3) is 0 Å². The number of anilines is 1. The summed E-state index contributed by atoms with van der Waals surface area (Å²) in [5, 5.41) is 2.75. The minimum Gasteiger partial charge on any atom is -0.326 e. The van der Waals surface area contributed by atoms with Gasteiger partial charge in [0.2, 0.25) is 5.91 Å². The van der Waals surface area contributed by atoms with Crippen LogP contribution < -0.4 is 5.32 Å². The van der Waals surface area contributed by atoms with Gasteiger partial charge in [0, 0.05) is 33.9 Å². The van der Waals surface area contributed by atoms with Gasteiger partial charge >= 0.3 is 0 Å². The molecule has 1 aliphatic rings. The SMILES string of the molecule is CC(C)C(=O)Nc1ccc2c(c1)C(=O)c1ccccc1C2=O. The van der Waals surface area contributed by atoms with Gasteiger partial charge in [-0.3, -0.25) is 14.4 Å². The highest BCUT2D eigenvalue weighted by molar-refractivity contribution is 6.28. The summed E-state index contributed by atoms with van der Waals surface area (Å²) in [5.41, 5.74) is 2.08. The van der Waals surface area contributed by atoms with Gasteiger partial charge in [0.15, 0.2) is 11.6 Å². The monoisotopic (exact) mass is 293 g/mol. The number of ketones is 2. The molecular weight excluding hydrogens is 278 g/mol. The summed E-state index contributed by atoms with van der Waals surface area (Å²) in [4.78, 5) is 36.8. The summed E-state index contributed by atoms with van der Waals surface area (Å²) in [6.45, 7) is 3.58. The van der Waals surface area contributed by atoms with E-state index in [1.54, 1.807) is 56.3 Å². The lowest BCUT2D eigenvalue weighted by molar-refractivity contribution is -0.118. The van der Waals surface area contributed by atoms with Crippen molar-refractivity contribution in [1.29, 1.82) is 0 Å². The first-order chi connectivity index (χ1) is 10.5. The Morgan fingerprint density at radius 3 is 2.00 bits per heavy atom. The molecular formula is C18H15NO3. The lowest BCUT2D eigenvalue weighted by Crippen LogP contribution is -2.22. The van der Waals surface area contributed by atoms with Crippen molar-refractivity contribution >= 4 is 23.2 Å². The molecule has 1 amide bonds. The van der Waals surface area contributed by atoms with Crippen LogP contribution >= 0.6 is 0 Å². The number of benzene rings is 2. The van der Waals surface area contributed by atoms with E-state index in [1.165, 1.54) is 0 Å². The molecule has 0 saturated heterocycles. The first kappa shape index (κ1) is 14.2. The van der Waals surface area contributed by atoms with E-state index in [0.29, 0.717) is 27.9 Å². The van der Waals surface area contributed by atoms with E-state index in [-0.39, 0.29) is 23.4 Å². The Balaban J connectivity index is 2.04. The summed E-state index contributed by atoms with van der Waals surface area (Å²) in [7, 11) is 0. The first-order valence-corrected chi connectivity index (χ1v) is 7.12. The van der Waals surface area contributed by atoms with Crippen molar-refractivity contribution in [3.05, 3.63) is 64.7 Å². The molecule has 0 radical (unpaired) electrons. The fourth-order valence-corrected chi connectivity index (χ4v) is 2.46. The van der Waals surface area contributed by atoms with E-state index in [4.69, 9.17) is 0 Å². The maximum atomic E-state index is 12.6. The van der Waals surface area contributed by atoms with Gasteiger partial charge in [-0.15, -0.1) is 0 Å². The van der Waals surface area contributed by atoms with Crippen LogP contribution in [0, 0.1) is 5.92 Å². The second-order valence-electron chi connectivity index (χ2n) is 5.61. The average Bonchev–Trinajstić information content (AvgIpc) is 2.52. The highest BCUT2D eigenvalue weighted by Crippen LogP contribution is 2.29. The Kier molecular flexibility index (Phi) is 3.37. The van der Waals surface area contributed by atoms with Crippen molar-refractivity contribution in [1.82, 2.24) is 0 Å². The molecule has 0 spiro atoms. The molecule has 1 N–H and O–H groups in total. The molecule has 22 heavy (non-hydrogen) atoms. The Bertz CT molecular complexity index is 806. The molecule has 0 bridgehead atoms. The minimum absolute atomic E-state index is 0.130. The molecule has 4 heteroatoms. The van der Waals surface area contributed by atoms with E-state index < -0.39 is 0 Å². The van der Waals surface area contributed by atoms with Crippen LogP contribution in [0.3, 0.4) is 0 Å². The lowest BCUT2D eigenvalue weighted by atomic mass is 9.84. The highest BCUT2D eigenvalue weighted by Gasteiger charge is 2.29. The van der Waals surface area contributed by atoms with E-state index in [0.717, 1.165) is 0 Å². The molecule has 1 aliphatic carbocycles. The molecule has 0 atom stereocenters. The molecule has 2 aromatic carbocycles. The van der Waals surface area contributed by atoms with Crippen molar-refractivity contribution in [3.63, 3.8) is 0 Å². The van der Waals surface area contributed by atoms with Crippen LogP contribution in [0.5, 0.6) is 0 Å². The number of fused-ring (bicyclic) bond motifs is 2. The summed E-state index contributed by atoms with van der Waals surface area (Å²) < 4.78 is 0. The number of nitrogens with one attached hydrogen (secondary N) is 1. The molecule has 4 nitrogen and oxygen atoms in total. The van der Waals surface area contributed by atoms with Gasteiger partial charge in [0.25, 0.3) is 0 Å². The predicted molar refractivity (Wildman–Crippen MR) is 83.2 cm³/mol. The topological polar surface area (TPSA) is 63.2 Å². The van der Waals surface area contributed by atoms with Crippen LogP contribution in [0.15, 0.2) is 42.5 Å². The third-order valence-electron chi connectivity index (χ3n) is 3.72. The van der Waals surface area contributed by atoms with Crippen LogP contribution in [0.4, 0.5) is 5.69 Å². The van der Waals surface area contributed by atoms with Gasteiger partial charge in [-0.1, -0.05) is 38.1 Å². The number of amides is 1. The summed E-state index contributed by atoms with van der Waals surface area (Å²) >= 11 is 0.